The number of methoxy groups -OCH3 is 1. The Balaban J connectivity index is 1.81. The molecular formula is C14H18N2O4S. The third-order valence-corrected chi connectivity index (χ3v) is 5.28. The van der Waals surface area contributed by atoms with E-state index in [1.165, 1.54) is 31.7 Å². The normalized spacial score (nSPS) is 27.0. The molecule has 0 aromatic heterocycles. The summed E-state index contributed by atoms with van der Waals surface area (Å²) in [4.78, 5) is 12.2. The molecule has 7 heteroatoms. The van der Waals surface area contributed by atoms with Gasteiger partial charge >= 0.3 is 0 Å². The highest BCUT2D eigenvalue weighted by molar-refractivity contribution is 7.89. The Morgan fingerprint density at radius 3 is 2.52 bits per heavy atom. The minimum absolute atomic E-state index is 0.0107. The number of hydrogen-bond acceptors (Lipinski definition) is 4. The predicted octanol–water partition coefficient (Wildman–Crippen LogP) is 1.33. The van der Waals surface area contributed by atoms with Gasteiger partial charge in [0.2, 0.25) is 15.9 Å². The number of sulfonamides is 1. The average molecular weight is 310 g/mol. The molecule has 21 heavy (non-hydrogen) atoms. The van der Waals surface area contributed by atoms with Crippen LogP contribution in [-0.2, 0) is 14.8 Å². The number of carbonyl (C=O) groups excluding carboxylic acids is 1. The summed E-state index contributed by atoms with van der Waals surface area (Å²) in [7, 11) is -2.35. The molecule has 0 saturated heterocycles. The SMILES string of the molecule is COc1ccc(S(N)(=O)=O)cc1NC(=O)C1CC2CC2C1. The van der Waals surface area contributed by atoms with Crippen molar-refractivity contribution in [3.05, 3.63) is 18.2 Å². The molecule has 0 bridgehead atoms. The van der Waals surface area contributed by atoms with Gasteiger partial charge in [-0.15, -0.1) is 0 Å². The first-order valence-electron chi connectivity index (χ1n) is 6.90. The van der Waals surface area contributed by atoms with Crippen LogP contribution in [0.2, 0.25) is 0 Å². The number of ether oxygens (including phenoxy) is 1. The van der Waals surface area contributed by atoms with Crippen LogP contribution in [0.3, 0.4) is 0 Å². The second-order valence-electron chi connectivity index (χ2n) is 5.82. The standard InChI is InChI=1S/C14H18N2O4S/c1-20-13-3-2-11(21(15,18)19)7-12(13)16-14(17)10-5-8-4-9(8)6-10/h2-3,7-10H,4-6H2,1H3,(H,16,17)(H2,15,18,19). The number of rotatable bonds is 4. The minimum Gasteiger partial charge on any atom is -0.495 e. The van der Waals surface area contributed by atoms with E-state index in [4.69, 9.17) is 9.88 Å². The molecule has 1 amide bonds. The molecule has 2 saturated carbocycles. The number of nitrogens with two attached hydrogens (primary N) is 1. The highest BCUT2D eigenvalue weighted by atomic mass is 32.2. The van der Waals surface area contributed by atoms with Gasteiger partial charge in [-0.05, 0) is 49.3 Å². The lowest BCUT2D eigenvalue weighted by atomic mass is 10.0. The van der Waals surface area contributed by atoms with Crippen LogP contribution in [0.4, 0.5) is 5.69 Å². The first-order chi connectivity index (χ1) is 9.88. The number of hydrogen-bond donors (Lipinski definition) is 2. The summed E-state index contributed by atoms with van der Waals surface area (Å²) in [6, 6.07) is 4.18. The van der Waals surface area contributed by atoms with Gasteiger partial charge in [-0.3, -0.25) is 4.79 Å². The van der Waals surface area contributed by atoms with E-state index in [0.29, 0.717) is 23.3 Å². The van der Waals surface area contributed by atoms with Crippen molar-refractivity contribution in [3.8, 4) is 5.75 Å². The predicted molar refractivity (Wildman–Crippen MR) is 77.3 cm³/mol. The summed E-state index contributed by atoms with van der Waals surface area (Å²) < 4.78 is 28.0. The molecule has 2 aliphatic carbocycles. The summed E-state index contributed by atoms with van der Waals surface area (Å²) in [6.45, 7) is 0. The molecule has 0 heterocycles. The zero-order chi connectivity index (χ0) is 15.2. The number of carbonyl (C=O) groups is 1. The van der Waals surface area contributed by atoms with Crippen molar-refractivity contribution in [1.29, 1.82) is 0 Å². The van der Waals surface area contributed by atoms with Crippen molar-refractivity contribution < 1.29 is 17.9 Å². The zero-order valence-corrected chi connectivity index (χ0v) is 12.5. The number of anilines is 1. The molecule has 1 aromatic rings. The number of primary sulfonamides is 1. The maximum Gasteiger partial charge on any atom is 0.238 e. The molecule has 2 unspecified atom stereocenters. The number of benzene rings is 1. The van der Waals surface area contributed by atoms with Crippen molar-refractivity contribution in [2.24, 2.45) is 22.9 Å². The van der Waals surface area contributed by atoms with Crippen molar-refractivity contribution in [2.75, 3.05) is 12.4 Å². The van der Waals surface area contributed by atoms with Crippen molar-refractivity contribution in [3.63, 3.8) is 0 Å². The van der Waals surface area contributed by atoms with Gasteiger partial charge in [0, 0.05) is 5.92 Å². The minimum atomic E-state index is -3.81. The fraction of sp³-hybridized carbons (Fsp3) is 0.500. The van der Waals surface area contributed by atoms with Crippen LogP contribution in [0.5, 0.6) is 5.75 Å². The lowest BCUT2D eigenvalue weighted by Gasteiger charge is -2.15. The molecule has 2 atom stereocenters. The molecule has 2 fully saturated rings. The van der Waals surface area contributed by atoms with Gasteiger partial charge in [0.15, 0.2) is 0 Å². The van der Waals surface area contributed by atoms with Gasteiger partial charge in [0.05, 0.1) is 17.7 Å². The maximum atomic E-state index is 12.3. The Labute approximate surface area is 123 Å². The molecule has 1 aromatic carbocycles. The fourth-order valence-electron chi connectivity index (χ4n) is 3.13. The third kappa shape index (κ3) is 2.89. The summed E-state index contributed by atoms with van der Waals surface area (Å²) in [5.74, 6) is 1.76. The van der Waals surface area contributed by atoms with Gasteiger partial charge in [-0.1, -0.05) is 0 Å². The molecule has 114 valence electrons. The van der Waals surface area contributed by atoms with Crippen molar-refractivity contribution >= 4 is 21.6 Å². The molecular weight excluding hydrogens is 292 g/mol. The zero-order valence-electron chi connectivity index (χ0n) is 11.7. The van der Waals surface area contributed by atoms with E-state index in [-0.39, 0.29) is 16.7 Å². The quantitative estimate of drug-likeness (QED) is 0.876. The topological polar surface area (TPSA) is 98.5 Å². The fourth-order valence-corrected chi connectivity index (χ4v) is 3.67. The van der Waals surface area contributed by atoms with Gasteiger partial charge in [-0.2, -0.15) is 0 Å². The van der Waals surface area contributed by atoms with Gasteiger partial charge in [0.1, 0.15) is 5.75 Å². The third-order valence-electron chi connectivity index (χ3n) is 4.37. The number of fused-ring (bicyclic) bond motifs is 1. The Hall–Kier alpha value is -1.60. The summed E-state index contributed by atoms with van der Waals surface area (Å²) in [5.41, 5.74) is 0.342. The van der Waals surface area contributed by atoms with E-state index < -0.39 is 10.0 Å². The van der Waals surface area contributed by atoms with E-state index in [2.05, 4.69) is 5.32 Å². The Morgan fingerprint density at radius 1 is 1.29 bits per heavy atom. The van der Waals surface area contributed by atoms with Crippen LogP contribution in [0.25, 0.3) is 0 Å². The molecule has 3 N–H and O–H groups in total. The summed E-state index contributed by atoms with van der Waals surface area (Å²) >= 11 is 0. The maximum absolute atomic E-state index is 12.3. The molecule has 3 rings (SSSR count). The van der Waals surface area contributed by atoms with E-state index >= 15 is 0 Å². The average Bonchev–Trinajstić information content (AvgIpc) is 3.04. The lowest BCUT2D eigenvalue weighted by Crippen LogP contribution is -2.22. The molecule has 0 aliphatic heterocycles. The van der Waals surface area contributed by atoms with E-state index in [1.807, 2.05) is 0 Å². The summed E-state index contributed by atoms with van der Waals surface area (Å²) in [5, 5.41) is 7.89. The van der Waals surface area contributed by atoms with E-state index in [0.717, 1.165) is 12.8 Å². The molecule has 0 spiro atoms. The molecule has 2 aliphatic rings. The van der Waals surface area contributed by atoms with Crippen LogP contribution in [0.1, 0.15) is 19.3 Å². The second kappa shape index (κ2) is 4.99. The number of nitrogens with one attached hydrogen (secondary N) is 1. The lowest BCUT2D eigenvalue weighted by molar-refractivity contribution is -0.120. The highest BCUT2D eigenvalue weighted by Crippen LogP contribution is 2.54. The first-order valence-corrected chi connectivity index (χ1v) is 8.45. The largest absolute Gasteiger partial charge is 0.495 e. The van der Waals surface area contributed by atoms with Crippen molar-refractivity contribution in [2.45, 2.75) is 24.2 Å². The monoisotopic (exact) mass is 310 g/mol. The van der Waals surface area contributed by atoms with E-state index in [1.54, 1.807) is 0 Å². The molecule has 0 radical (unpaired) electrons. The van der Waals surface area contributed by atoms with Crippen LogP contribution in [-0.4, -0.2) is 21.4 Å². The Kier molecular flexibility index (Phi) is 3.41. The first kappa shape index (κ1) is 14.3. The van der Waals surface area contributed by atoms with Crippen LogP contribution < -0.4 is 15.2 Å². The van der Waals surface area contributed by atoms with Crippen LogP contribution in [0, 0.1) is 17.8 Å². The van der Waals surface area contributed by atoms with Crippen LogP contribution >= 0.6 is 0 Å². The van der Waals surface area contributed by atoms with E-state index in [9.17, 15) is 13.2 Å². The van der Waals surface area contributed by atoms with Gasteiger partial charge in [0.25, 0.3) is 0 Å². The Bertz CT molecular complexity index is 676. The molecule has 6 nitrogen and oxygen atoms in total. The smallest absolute Gasteiger partial charge is 0.238 e. The van der Waals surface area contributed by atoms with Gasteiger partial charge in [-0.25, -0.2) is 13.6 Å². The summed E-state index contributed by atoms with van der Waals surface area (Å²) in [6.07, 6.45) is 3.09. The number of amides is 1. The van der Waals surface area contributed by atoms with Gasteiger partial charge < -0.3 is 10.1 Å². The highest BCUT2D eigenvalue weighted by Gasteiger charge is 2.48. The van der Waals surface area contributed by atoms with Crippen molar-refractivity contribution in [1.82, 2.24) is 0 Å². The second-order valence-corrected chi connectivity index (χ2v) is 7.38. The van der Waals surface area contributed by atoms with Crippen LogP contribution in [0.15, 0.2) is 23.1 Å². The Morgan fingerprint density at radius 2 is 1.95 bits per heavy atom.